The van der Waals surface area contributed by atoms with E-state index in [1.165, 1.54) is 4.90 Å². The zero-order chi connectivity index (χ0) is 18.3. The summed E-state index contributed by atoms with van der Waals surface area (Å²) in [5.41, 5.74) is 1.88. The molecule has 136 valence electrons. The van der Waals surface area contributed by atoms with E-state index < -0.39 is 0 Å². The highest BCUT2D eigenvalue weighted by molar-refractivity contribution is 7.10. The minimum atomic E-state index is -0.125. The average molecular weight is 370 g/mol. The number of carbonyl (C=O) groups excluding carboxylic acids is 1. The van der Waals surface area contributed by atoms with Crippen LogP contribution in [-0.4, -0.2) is 43.9 Å². The summed E-state index contributed by atoms with van der Waals surface area (Å²) in [6.45, 7) is 6.42. The molecule has 0 radical (unpaired) electrons. The number of fused-ring (bicyclic) bond motifs is 1. The number of Topliss-reactive ketones (excluding diaryl/α,β-unsaturated/α-hetero) is 1. The van der Waals surface area contributed by atoms with Crippen LogP contribution in [0.4, 0.5) is 0 Å². The summed E-state index contributed by atoms with van der Waals surface area (Å²) in [6.07, 6.45) is 1.77. The number of piperazine rings is 1. The predicted molar refractivity (Wildman–Crippen MR) is 99.8 cm³/mol. The SMILES string of the molecule is Cc1cc([O-])c(C[NH+]2CCN(C)CC2)c2c1C(=O)C(=Cc1cccs1)O2. The monoisotopic (exact) mass is 370 g/mol. The summed E-state index contributed by atoms with van der Waals surface area (Å²) >= 11 is 1.55. The molecule has 1 fully saturated rings. The summed E-state index contributed by atoms with van der Waals surface area (Å²) in [5, 5.41) is 14.6. The Morgan fingerprint density at radius 1 is 1.38 bits per heavy atom. The van der Waals surface area contributed by atoms with Crippen molar-refractivity contribution in [1.29, 1.82) is 0 Å². The molecular formula is C20H22N2O3S. The largest absolute Gasteiger partial charge is 0.872 e. The Hall–Kier alpha value is -2.15. The van der Waals surface area contributed by atoms with E-state index in [1.807, 2.05) is 24.4 Å². The van der Waals surface area contributed by atoms with Gasteiger partial charge in [-0.3, -0.25) is 9.69 Å². The molecule has 4 rings (SSSR count). The molecule has 0 saturated carbocycles. The molecule has 1 aromatic heterocycles. The molecule has 1 saturated heterocycles. The summed E-state index contributed by atoms with van der Waals surface area (Å²) in [7, 11) is 2.11. The van der Waals surface area contributed by atoms with E-state index in [-0.39, 0.29) is 11.5 Å². The van der Waals surface area contributed by atoms with Gasteiger partial charge in [-0.15, -0.1) is 11.3 Å². The topological polar surface area (TPSA) is 57.0 Å². The lowest BCUT2D eigenvalue weighted by Gasteiger charge is -2.31. The number of quaternary nitrogens is 1. The van der Waals surface area contributed by atoms with Gasteiger partial charge in [0.25, 0.3) is 0 Å². The second-order valence-corrected chi connectivity index (χ2v) is 8.04. The van der Waals surface area contributed by atoms with E-state index in [4.69, 9.17) is 4.74 Å². The minimum Gasteiger partial charge on any atom is -0.872 e. The highest BCUT2D eigenvalue weighted by Gasteiger charge is 2.33. The molecule has 3 heterocycles. The first-order chi connectivity index (χ1) is 12.5. The Morgan fingerprint density at radius 2 is 2.15 bits per heavy atom. The average Bonchev–Trinajstić information content (AvgIpc) is 3.22. The summed E-state index contributed by atoms with van der Waals surface area (Å²) < 4.78 is 5.94. The maximum absolute atomic E-state index is 12.8. The molecule has 0 atom stereocenters. The molecule has 0 unspecified atom stereocenters. The van der Waals surface area contributed by atoms with Crippen LogP contribution in [0.5, 0.6) is 11.5 Å². The van der Waals surface area contributed by atoms with Gasteiger partial charge in [0.2, 0.25) is 5.78 Å². The van der Waals surface area contributed by atoms with Gasteiger partial charge < -0.3 is 14.7 Å². The first-order valence-electron chi connectivity index (χ1n) is 8.86. The number of nitrogens with one attached hydrogen (secondary N) is 1. The maximum atomic E-state index is 12.8. The molecule has 0 spiro atoms. The predicted octanol–water partition coefficient (Wildman–Crippen LogP) is 1.08. The quantitative estimate of drug-likeness (QED) is 0.822. The molecule has 26 heavy (non-hydrogen) atoms. The number of carbonyl (C=O) groups is 1. The van der Waals surface area contributed by atoms with Gasteiger partial charge in [-0.25, -0.2) is 0 Å². The van der Waals surface area contributed by atoms with E-state index >= 15 is 0 Å². The van der Waals surface area contributed by atoms with Gasteiger partial charge in [-0.2, -0.15) is 0 Å². The number of hydrogen-bond acceptors (Lipinski definition) is 5. The lowest BCUT2D eigenvalue weighted by atomic mass is 9.99. The van der Waals surface area contributed by atoms with Gasteiger partial charge in [0.1, 0.15) is 12.3 Å². The first-order valence-corrected chi connectivity index (χ1v) is 9.74. The molecular weight excluding hydrogens is 348 g/mol. The number of nitrogens with zero attached hydrogens (tertiary/aromatic N) is 1. The first kappa shape index (κ1) is 17.3. The van der Waals surface area contributed by atoms with Crippen LogP contribution in [0.2, 0.25) is 0 Å². The standard InChI is InChI=1S/C20H22N2O3S/c1-13-10-16(23)15(12-22-7-5-21(2)6-8-22)20-18(13)19(24)17(25-20)11-14-4-3-9-26-14/h3-4,9-11,23H,5-8,12H2,1-2H3. The highest BCUT2D eigenvalue weighted by Crippen LogP contribution is 2.40. The number of ketones is 1. The molecule has 6 heteroatoms. The van der Waals surface area contributed by atoms with Crippen LogP contribution in [0.3, 0.4) is 0 Å². The lowest BCUT2D eigenvalue weighted by Crippen LogP contribution is -3.13. The van der Waals surface area contributed by atoms with E-state index in [0.29, 0.717) is 34.7 Å². The van der Waals surface area contributed by atoms with Gasteiger partial charge >= 0.3 is 0 Å². The van der Waals surface area contributed by atoms with Gasteiger partial charge in [-0.1, -0.05) is 17.9 Å². The fourth-order valence-corrected chi connectivity index (χ4v) is 4.25. The Labute approximate surface area is 157 Å². The van der Waals surface area contributed by atoms with E-state index in [1.54, 1.807) is 23.5 Å². The molecule has 2 aromatic rings. The normalized spacial score (nSPS) is 19.8. The van der Waals surface area contributed by atoms with Crippen molar-refractivity contribution < 1.29 is 19.5 Å². The minimum absolute atomic E-state index is 0.0298. The molecule has 2 aliphatic heterocycles. The van der Waals surface area contributed by atoms with Crippen LogP contribution in [-0.2, 0) is 6.54 Å². The van der Waals surface area contributed by atoms with Crippen molar-refractivity contribution in [3.63, 3.8) is 0 Å². The fourth-order valence-electron chi connectivity index (χ4n) is 3.60. The molecule has 2 aliphatic rings. The second kappa shape index (κ2) is 6.87. The summed E-state index contributed by atoms with van der Waals surface area (Å²) in [4.78, 5) is 17.5. The molecule has 1 N–H and O–H groups in total. The fraction of sp³-hybridized carbons (Fsp3) is 0.350. The number of likely N-dealkylation sites (N-methyl/N-ethyl adjacent to an activating group) is 1. The van der Waals surface area contributed by atoms with E-state index in [2.05, 4.69) is 11.9 Å². The molecule has 0 amide bonds. The molecule has 0 bridgehead atoms. The number of ether oxygens (including phenoxy) is 1. The third kappa shape index (κ3) is 3.16. The van der Waals surface area contributed by atoms with Gasteiger partial charge in [0.05, 0.1) is 18.7 Å². The van der Waals surface area contributed by atoms with Crippen molar-refractivity contribution in [2.45, 2.75) is 13.5 Å². The summed E-state index contributed by atoms with van der Waals surface area (Å²) in [6, 6.07) is 5.46. The van der Waals surface area contributed by atoms with Crippen LogP contribution in [0.1, 0.15) is 26.4 Å². The number of rotatable bonds is 3. The van der Waals surface area contributed by atoms with Crippen LogP contribution in [0.15, 0.2) is 29.3 Å². The Balaban J connectivity index is 1.67. The number of hydrogen-bond donors (Lipinski definition) is 1. The number of thiophene rings is 1. The highest BCUT2D eigenvalue weighted by atomic mass is 32.1. The number of allylic oxidation sites excluding steroid dienone is 1. The third-order valence-corrected chi connectivity index (χ3v) is 5.96. The van der Waals surface area contributed by atoms with E-state index in [0.717, 1.165) is 31.1 Å². The number of aryl methyl sites for hydroxylation is 1. The second-order valence-electron chi connectivity index (χ2n) is 7.06. The van der Waals surface area contributed by atoms with E-state index in [9.17, 15) is 9.90 Å². The number of benzene rings is 1. The van der Waals surface area contributed by atoms with Crippen LogP contribution in [0, 0.1) is 6.92 Å². The van der Waals surface area contributed by atoms with Crippen molar-refractivity contribution in [1.82, 2.24) is 4.90 Å². The Morgan fingerprint density at radius 3 is 2.85 bits per heavy atom. The van der Waals surface area contributed by atoms with Crippen LogP contribution in [0.25, 0.3) is 6.08 Å². The van der Waals surface area contributed by atoms with Crippen molar-refractivity contribution in [3.05, 3.63) is 50.9 Å². The molecule has 0 aliphatic carbocycles. The van der Waals surface area contributed by atoms with Gasteiger partial charge in [-0.05, 0) is 31.0 Å². The smallest absolute Gasteiger partial charge is 0.232 e. The molecule has 1 aromatic carbocycles. The van der Waals surface area contributed by atoms with Crippen molar-refractivity contribution >= 4 is 23.2 Å². The maximum Gasteiger partial charge on any atom is 0.232 e. The van der Waals surface area contributed by atoms with Gasteiger partial charge in [0, 0.05) is 29.6 Å². The lowest BCUT2D eigenvalue weighted by molar-refractivity contribution is -0.918. The zero-order valence-electron chi connectivity index (χ0n) is 15.0. The van der Waals surface area contributed by atoms with Crippen molar-refractivity contribution in [2.24, 2.45) is 0 Å². The molecule has 5 nitrogen and oxygen atoms in total. The van der Waals surface area contributed by atoms with Crippen LogP contribution >= 0.6 is 11.3 Å². The van der Waals surface area contributed by atoms with Gasteiger partial charge in [0.15, 0.2) is 5.76 Å². The Bertz CT molecular complexity index is 866. The zero-order valence-corrected chi connectivity index (χ0v) is 15.8. The van der Waals surface area contributed by atoms with Crippen molar-refractivity contribution in [2.75, 3.05) is 33.2 Å². The summed E-state index contributed by atoms with van der Waals surface area (Å²) in [5.74, 6) is 0.637. The van der Waals surface area contributed by atoms with Crippen molar-refractivity contribution in [3.8, 4) is 11.5 Å². The third-order valence-electron chi connectivity index (χ3n) is 5.14. The Kier molecular flexibility index (Phi) is 4.56. The van der Waals surface area contributed by atoms with Crippen LogP contribution < -0.4 is 14.7 Å².